The van der Waals surface area contributed by atoms with E-state index < -0.39 is 0 Å². The summed E-state index contributed by atoms with van der Waals surface area (Å²) in [6.07, 6.45) is 0. The van der Waals surface area contributed by atoms with Gasteiger partial charge in [0.1, 0.15) is 0 Å². The van der Waals surface area contributed by atoms with E-state index in [2.05, 4.69) is 65.2 Å². The van der Waals surface area contributed by atoms with Crippen LogP contribution in [0.25, 0.3) is 0 Å². The third kappa shape index (κ3) is 2.35. The maximum Gasteiger partial charge on any atom is 0.0517 e. The molecular formula is C17H34N2. The van der Waals surface area contributed by atoms with Crippen LogP contribution >= 0.6 is 0 Å². The molecule has 2 heterocycles. The van der Waals surface area contributed by atoms with Gasteiger partial charge in [-0.1, -0.05) is 27.7 Å². The minimum absolute atomic E-state index is 0.718. The molecule has 2 rings (SSSR count). The molecule has 0 unspecified atom stereocenters. The molecule has 2 aliphatic heterocycles. The molecule has 2 aliphatic rings. The van der Waals surface area contributed by atoms with Gasteiger partial charge >= 0.3 is 0 Å². The summed E-state index contributed by atoms with van der Waals surface area (Å²) in [4.78, 5) is 5.49. The number of hydrogen-bond donors (Lipinski definition) is 0. The Kier molecular flexibility index (Phi) is 4.32. The van der Waals surface area contributed by atoms with Gasteiger partial charge in [-0.05, 0) is 51.4 Å². The van der Waals surface area contributed by atoms with Gasteiger partial charge in [-0.25, -0.2) is 0 Å². The third-order valence-electron chi connectivity index (χ3n) is 7.12. The van der Waals surface area contributed by atoms with Crippen LogP contribution in [0.1, 0.15) is 55.4 Å². The van der Waals surface area contributed by atoms with Gasteiger partial charge < -0.3 is 0 Å². The molecule has 112 valence electrons. The fourth-order valence-electron chi connectivity index (χ4n) is 4.41. The lowest BCUT2D eigenvalue weighted by molar-refractivity contribution is 0.0597. The summed E-state index contributed by atoms with van der Waals surface area (Å²) in [5, 5.41) is 0. The maximum atomic E-state index is 2.74. The van der Waals surface area contributed by atoms with E-state index in [0.717, 1.165) is 54.5 Å². The Morgan fingerprint density at radius 1 is 0.474 bits per heavy atom. The monoisotopic (exact) mass is 266 g/mol. The van der Waals surface area contributed by atoms with Crippen molar-refractivity contribution in [3.05, 3.63) is 0 Å². The van der Waals surface area contributed by atoms with Crippen LogP contribution < -0.4 is 0 Å². The predicted molar refractivity (Wildman–Crippen MR) is 83.0 cm³/mol. The summed E-state index contributed by atoms with van der Waals surface area (Å²) >= 11 is 0. The molecule has 0 aromatic rings. The summed E-state index contributed by atoms with van der Waals surface area (Å²) in [7, 11) is 0. The van der Waals surface area contributed by atoms with Gasteiger partial charge in [0.25, 0.3) is 0 Å². The first kappa shape index (κ1) is 15.3. The number of nitrogens with zero attached hydrogens (tertiary/aromatic N) is 2. The Hall–Kier alpha value is -0.0800. The Morgan fingerprint density at radius 3 is 0.895 bits per heavy atom. The average molecular weight is 266 g/mol. The lowest BCUT2D eigenvalue weighted by atomic mass is 9.92. The maximum absolute atomic E-state index is 2.74. The third-order valence-corrected chi connectivity index (χ3v) is 7.12. The highest BCUT2D eigenvalue weighted by Crippen LogP contribution is 2.39. The molecule has 0 amide bonds. The standard InChI is InChI=1S/C17H34N2/c1-10-11(2)15(6)18(14(10)5)9-19-16(7)12(3)13(4)17(19)8/h10-17H,9H2,1-8H3/t10-,11+,12-,13+,14-,15+,16-,17+. The van der Waals surface area contributed by atoms with Gasteiger partial charge in [0, 0.05) is 24.2 Å². The molecule has 2 saturated heterocycles. The minimum Gasteiger partial charge on any atom is -0.285 e. The van der Waals surface area contributed by atoms with E-state index in [9.17, 15) is 0 Å². The van der Waals surface area contributed by atoms with Crippen LogP contribution in [0, 0.1) is 23.7 Å². The van der Waals surface area contributed by atoms with E-state index in [-0.39, 0.29) is 0 Å². The van der Waals surface area contributed by atoms with Crippen molar-refractivity contribution in [3.8, 4) is 0 Å². The second kappa shape index (κ2) is 5.37. The first-order valence-electron chi connectivity index (χ1n) is 8.28. The Morgan fingerprint density at radius 2 is 0.684 bits per heavy atom. The largest absolute Gasteiger partial charge is 0.285 e. The van der Waals surface area contributed by atoms with E-state index in [1.165, 1.54) is 0 Å². The molecule has 0 bridgehead atoms. The summed E-state index contributed by atoms with van der Waals surface area (Å²) in [6, 6.07) is 2.87. The number of hydrogen-bond acceptors (Lipinski definition) is 2. The van der Waals surface area contributed by atoms with Gasteiger partial charge in [-0.2, -0.15) is 0 Å². The molecular weight excluding hydrogens is 232 g/mol. The van der Waals surface area contributed by atoms with Gasteiger partial charge in [-0.3, -0.25) is 9.80 Å². The molecule has 0 aromatic carbocycles. The smallest absolute Gasteiger partial charge is 0.0517 e. The van der Waals surface area contributed by atoms with Crippen molar-refractivity contribution in [3.63, 3.8) is 0 Å². The second-order valence-corrected chi connectivity index (χ2v) is 7.57. The van der Waals surface area contributed by atoms with Crippen molar-refractivity contribution < 1.29 is 0 Å². The van der Waals surface area contributed by atoms with E-state index >= 15 is 0 Å². The van der Waals surface area contributed by atoms with Crippen molar-refractivity contribution >= 4 is 0 Å². The van der Waals surface area contributed by atoms with Crippen LogP contribution in [0.4, 0.5) is 0 Å². The quantitative estimate of drug-likeness (QED) is 0.752. The highest BCUT2D eigenvalue weighted by atomic mass is 15.4. The van der Waals surface area contributed by atoms with Crippen molar-refractivity contribution in [1.29, 1.82) is 0 Å². The second-order valence-electron chi connectivity index (χ2n) is 7.57. The first-order chi connectivity index (χ1) is 8.77. The molecule has 0 aliphatic carbocycles. The average Bonchev–Trinajstić information content (AvgIpc) is 2.68. The van der Waals surface area contributed by atoms with E-state index in [1.54, 1.807) is 0 Å². The molecule has 0 spiro atoms. The van der Waals surface area contributed by atoms with Crippen LogP contribution in [-0.4, -0.2) is 40.6 Å². The van der Waals surface area contributed by atoms with Crippen molar-refractivity contribution in [2.24, 2.45) is 23.7 Å². The van der Waals surface area contributed by atoms with Crippen molar-refractivity contribution in [2.45, 2.75) is 79.6 Å². The van der Waals surface area contributed by atoms with E-state index in [4.69, 9.17) is 0 Å². The Labute approximate surface area is 120 Å². The highest BCUT2D eigenvalue weighted by Gasteiger charge is 2.44. The van der Waals surface area contributed by atoms with E-state index in [1.807, 2.05) is 0 Å². The summed E-state index contributed by atoms with van der Waals surface area (Å²) in [5.41, 5.74) is 0. The normalized spacial score (nSPS) is 53.1. The SMILES string of the molecule is C[C@@H]1[C@H](C)[C@H](C)N(CN2[C@H](C)[C@H](C)[C@H](C)[C@@H]2C)[C@@H]1C. The minimum atomic E-state index is 0.718. The summed E-state index contributed by atoms with van der Waals surface area (Å²) in [5.74, 6) is 3.27. The molecule has 0 aromatic heterocycles. The zero-order chi connectivity index (χ0) is 14.5. The predicted octanol–water partition coefficient (Wildman–Crippen LogP) is 3.67. The molecule has 8 atom stereocenters. The zero-order valence-electron chi connectivity index (χ0n) is 14.2. The first-order valence-corrected chi connectivity index (χ1v) is 8.28. The fourth-order valence-corrected chi connectivity index (χ4v) is 4.41. The molecule has 0 radical (unpaired) electrons. The molecule has 2 fully saturated rings. The van der Waals surface area contributed by atoms with Gasteiger partial charge in [-0.15, -0.1) is 0 Å². The van der Waals surface area contributed by atoms with Crippen LogP contribution in [0.3, 0.4) is 0 Å². The van der Waals surface area contributed by atoms with Crippen LogP contribution in [0.5, 0.6) is 0 Å². The molecule has 0 saturated carbocycles. The summed E-state index contributed by atoms with van der Waals surface area (Å²) in [6.45, 7) is 20.5. The lowest BCUT2D eigenvalue weighted by Gasteiger charge is -2.36. The Balaban J connectivity index is 2.09. The van der Waals surface area contributed by atoms with Gasteiger partial charge in [0.2, 0.25) is 0 Å². The molecule has 19 heavy (non-hydrogen) atoms. The van der Waals surface area contributed by atoms with Crippen LogP contribution in [0.15, 0.2) is 0 Å². The fraction of sp³-hybridized carbons (Fsp3) is 1.00. The zero-order valence-corrected chi connectivity index (χ0v) is 14.2. The Bertz CT molecular complexity index is 258. The molecule has 0 N–H and O–H groups in total. The van der Waals surface area contributed by atoms with Crippen molar-refractivity contribution in [1.82, 2.24) is 9.80 Å². The van der Waals surface area contributed by atoms with Gasteiger partial charge in [0.15, 0.2) is 0 Å². The van der Waals surface area contributed by atoms with E-state index in [0.29, 0.717) is 0 Å². The lowest BCUT2D eigenvalue weighted by Crippen LogP contribution is -2.47. The molecule has 2 nitrogen and oxygen atoms in total. The van der Waals surface area contributed by atoms with Crippen LogP contribution in [-0.2, 0) is 0 Å². The molecule has 2 heteroatoms. The number of rotatable bonds is 2. The van der Waals surface area contributed by atoms with Crippen molar-refractivity contribution in [2.75, 3.05) is 6.67 Å². The highest BCUT2D eigenvalue weighted by molar-refractivity contribution is 4.96. The van der Waals surface area contributed by atoms with Gasteiger partial charge in [0.05, 0.1) is 6.67 Å². The van der Waals surface area contributed by atoms with Crippen LogP contribution in [0.2, 0.25) is 0 Å². The topological polar surface area (TPSA) is 6.48 Å². The summed E-state index contributed by atoms with van der Waals surface area (Å²) < 4.78 is 0. The number of likely N-dealkylation sites (tertiary alicyclic amines) is 2.